The molecule has 2 rings (SSSR count). The fourth-order valence-corrected chi connectivity index (χ4v) is 2.52. The van der Waals surface area contributed by atoms with Crippen LogP contribution in [0, 0.1) is 6.92 Å². The zero-order valence-electron chi connectivity index (χ0n) is 11.2. The monoisotopic (exact) mass is 282 g/mol. The number of hydrogen-bond donors (Lipinski definition) is 2. The summed E-state index contributed by atoms with van der Waals surface area (Å²) in [6.07, 6.45) is 1.18. The smallest absolute Gasteiger partial charge is 0.329 e. The fourth-order valence-electron chi connectivity index (χ4n) is 2.34. The summed E-state index contributed by atoms with van der Waals surface area (Å²) < 4.78 is 0. The normalized spacial score (nSPS) is 19.1. The topological polar surface area (TPSA) is 52.6 Å². The van der Waals surface area contributed by atoms with Crippen LogP contribution in [0.5, 0.6) is 0 Å². The number of benzene rings is 1. The third kappa shape index (κ3) is 3.01. The van der Waals surface area contributed by atoms with E-state index in [1.807, 2.05) is 26.1 Å². The predicted octanol–water partition coefficient (Wildman–Crippen LogP) is 2.61. The molecular weight excluding hydrogens is 264 g/mol. The van der Waals surface area contributed by atoms with Gasteiger partial charge in [0.15, 0.2) is 0 Å². The summed E-state index contributed by atoms with van der Waals surface area (Å²) in [4.78, 5) is 13.8. The molecule has 2 N–H and O–H groups in total. The van der Waals surface area contributed by atoms with Crippen molar-refractivity contribution >= 4 is 23.3 Å². The Morgan fingerprint density at radius 2 is 2.05 bits per heavy atom. The molecule has 1 aromatic rings. The first-order chi connectivity index (χ1) is 8.93. The molecule has 5 heteroatoms. The van der Waals surface area contributed by atoms with Crippen LogP contribution in [0.15, 0.2) is 18.2 Å². The minimum atomic E-state index is -0.884. The van der Waals surface area contributed by atoms with Crippen molar-refractivity contribution in [1.29, 1.82) is 0 Å². The minimum absolute atomic E-state index is 0.588. The standard InChI is InChI=1S/C14H19ClN2O2/c1-10-3-4-11(9-12(10)15)16-14(13(18)19)5-7-17(2)8-6-14/h3-4,9,16H,5-8H2,1-2H3,(H,18,19). The van der Waals surface area contributed by atoms with E-state index in [-0.39, 0.29) is 0 Å². The quantitative estimate of drug-likeness (QED) is 0.895. The molecule has 1 fully saturated rings. The van der Waals surface area contributed by atoms with E-state index in [9.17, 15) is 9.90 Å². The lowest BCUT2D eigenvalue weighted by atomic mass is 9.87. The molecule has 0 amide bonds. The lowest BCUT2D eigenvalue weighted by Crippen LogP contribution is -2.53. The van der Waals surface area contributed by atoms with Crippen LogP contribution in [0.4, 0.5) is 5.69 Å². The molecule has 19 heavy (non-hydrogen) atoms. The van der Waals surface area contributed by atoms with Crippen molar-refractivity contribution in [3.05, 3.63) is 28.8 Å². The van der Waals surface area contributed by atoms with Crippen LogP contribution in [0.2, 0.25) is 5.02 Å². The lowest BCUT2D eigenvalue weighted by Gasteiger charge is -2.38. The van der Waals surface area contributed by atoms with Crippen molar-refractivity contribution in [3.8, 4) is 0 Å². The number of aliphatic carboxylic acids is 1. The molecule has 0 saturated carbocycles. The minimum Gasteiger partial charge on any atom is -0.480 e. The number of carboxylic acids is 1. The average molecular weight is 283 g/mol. The third-order valence-corrected chi connectivity index (χ3v) is 4.21. The number of carbonyl (C=O) groups is 1. The van der Waals surface area contributed by atoms with E-state index in [1.54, 1.807) is 6.07 Å². The van der Waals surface area contributed by atoms with Crippen molar-refractivity contribution in [2.24, 2.45) is 0 Å². The highest BCUT2D eigenvalue weighted by atomic mass is 35.5. The SMILES string of the molecule is Cc1ccc(NC2(C(=O)O)CCN(C)CC2)cc1Cl. The Labute approximate surface area is 118 Å². The molecule has 104 valence electrons. The first kappa shape index (κ1) is 14.2. The maximum Gasteiger partial charge on any atom is 0.329 e. The van der Waals surface area contributed by atoms with E-state index in [0.717, 1.165) is 24.3 Å². The van der Waals surface area contributed by atoms with Gasteiger partial charge in [-0.05, 0) is 44.5 Å². The number of piperidine rings is 1. The fraction of sp³-hybridized carbons (Fsp3) is 0.500. The van der Waals surface area contributed by atoms with Gasteiger partial charge in [-0.1, -0.05) is 17.7 Å². The average Bonchev–Trinajstić information content (AvgIpc) is 2.37. The molecule has 0 aromatic heterocycles. The van der Waals surface area contributed by atoms with E-state index < -0.39 is 11.5 Å². The Bertz CT molecular complexity index is 482. The van der Waals surface area contributed by atoms with Gasteiger partial charge in [-0.15, -0.1) is 0 Å². The molecule has 0 atom stereocenters. The van der Waals surface area contributed by atoms with Gasteiger partial charge >= 0.3 is 5.97 Å². The highest BCUT2D eigenvalue weighted by Gasteiger charge is 2.40. The first-order valence-corrected chi connectivity index (χ1v) is 6.77. The lowest BCUT2D eigenvalue weighted by molar-refractivity contribution is -0.143. The molecule has 1 aliphatic rings. The highest BCUT2D eigenvalue weighted by molar-refractivity contribution is 6.31. The number of aryl methyl sites for hydroxylation is 1. The van der Waals surface area contributed by atoms with Crippen LogP contribution in [-0.4, -0.2) is 41.7 Å². The molecule has 1 aromatic carbocycles. The molecule has 1 heterocycles. The Morgan fingerprint density at radius 3 is 2.58 bits per heavy atom. The summed E-state index contributed by atoms with van der Waals surface area (Å²) in [6.45, 7) is 3.48. The molecule has 1 aliphatic heterocycles. The number of anilines is 1. The number of likely N-dealkylation sites (tertiary alicyclic amines) is 1. The van der Waals surface area contributed by atoms with Gasteiger partial charge in [-0.25, -0.2) is 4.79 Å². The van der Waals surface area contributed by atoms with E-state index >= 15 is 0 Å². The van der Waals surface area contributed by atoms with Crippen molar-refractivity contribution < 1.29 is 9.90 Å². The zero-order chi connectivity index (χ0) is 14.0. The summed E-state index contributed by atoms with van der Waals surface area (Å²) >= 11 is 6.08. The number of nitrogens with one attached hydrogen (secondary N) is 1. The van der Waals surface area contributed by atoms with Gasteiger partial charge in [0.1, 0.15) is 5.54 Å². The van der Waals surface area contributed by atoms with Crippen LogP contribution < -0.4 is 5.32 Å². The molecule has 4 nitrogen and oxygen atoms in total. The Hall–Kier alpha value is -1.26. The second kappa shape index (κ2) is 5.39. The second-order valence-corrected chi connectivity index (χ2v) is 5.69. The van der Waals surface area contributed by atoms with Crippen LogP contribution in [0.25, 0.3) is 0 Å². The summed E-state index contributed by atoms with van der Waals surface area (Å²) in [7, 11) is 2.01. The number of rotatable bonds is 3. The van der Waals surface area contributed by atoms with Crippen LogP contribution in [0.1, 0.15) is 18.4 Å². The molecule has 1 saturated heterocycles. The van der Waals surface area contributed by atoms with E-state index in [4.69, 9.17) is 11.6 Å². The van der Waals surface area contributed by atoms with Gasteiger partial charge in [-0.2, -0.15) is 0 Å². The van der Waals surface area contributed by atoms with Gasteiger partial charge in [0, 0.05) is 23.8 Å². The highest BCUT2D eigenvalue weighted by Crippen LogP contribution is 2.29. The maximum absolute atomic E-state index is 11.6. The van der Waals surface area contributed by atoms with Crippen LogP contribution in [0.3, 0.4) is 0 Å². The molecular formula is C14H19ClN2O2. The molecule has 0 radical (unpaired) electrons. The summed E-state index contributed by atoms with van der Waals surface area (Å²) in [6, 6.07) is 5.57. The van der Waals surface area contributed by atoms with E-state index in [1.165, 1.54) is 0 Å². The molecule has 0 spiro atoms. The second-order valence-electron chi connectivity index (χ2n) is 5.28. The predicted molar refractivity (Wildman–Crippen MR) is 76.9 cm³/mol. The van der Waals surface area contributed by atoms with Gasteiger partial charge < -0.3 is 15.3 Å². The summed E-state index contributed by atoms with van der Waals surface area (Å²) in [5.41, 5.74) is 0.869. The van der Waals surface area contributed by atoms with Crippen molar-refractivity contribution in [2.45, 2.75) is 25.3 Å². The van der Waals surface area contributed by atoms with Gasteiger partial charge in [0.2, 0.25) is 0 Å². The summed E-state index contributed by atoms with van der Waals surface area (Å²) in [5, 5.41) is 13.4. The van der Waals surface area contributed by atoms with E-state index in [2.05, 4.69) is 10.2 Å². The number of carboxylic acid groups (broad SMARTS) is 1. The molecule has 0 unspecified atom stereocenters. The van der Waals surface area contributed by atoms with Crippen molar-refractivity contribution in [1.82, 2.24) is 4.90 Å². The number of nitrogens with zero attached hydrogens (tertiary/aromatic N) is 1. The number of halogens is 1. The first-order valence-electron chi connectivity index (χ1n) is 6.39. The largest absolute Gasteiger partial charge is 0.480 e. The van der Waals surface area contributed by atoms with Crippen molar-refractivity contribution in [3.63, 3.8) is 0 Å². The van der Waals surface area contributed by atoms with Gasteiger partial charge in [0.05, 0.1) is 0 Å². The van der Waals surface area contributed by atoms with Crippen LogP contribution in [-0.2, 0) is 4.79 Å². The zero-order valence-corrected chi connectivity index (χ0v) is 12.0. The number of hydrogen-bond acceptors (Lipinski definition) is 3. The Balaban J connectivity index is 2.21. The van der Waals surface area contributed by atoms with Crippen LogP contribution >= 0.6 is 11.6 Å². The van der Waals surface area contributed by atoms with Gasteiger partial charge in [0.25, 0.3) is 0 Å². The molecule has 0 bridgehead atoms. The summed E-state index contributed by atoms with van der Waals surface area (Å²) in [5.74, 6) is -0.794. The van der Waals surface area contributed by atoms with Crippen molar-refractivity contribution in [2.75, 3.05) is 25.5 Å². The Morgan fingerprint density at radius 1 is 1.42 bits per heavy atom. The Kier molecular flexibility index (Phi) is 4.02. The van der Waals surface area contributed by atoms with E-state index in [0.29, 0.717) is 17.9 Å². The van der Waals surface area contributed by atoms with Gasteiger partial charge in [-0.3, -0.25) is 0 Å². The maximum atomic E-state index is 11.6. The third-order valence-electron chi connectivity index (χ3n) is 3.81. The molecule has 0 aliphatic carbocycles.